The number of nitrogens with one attached hydrogen (secondary N) is 2. The maximum absolute atomic E-state index is 11.7. The van der Waals surface area contributed by atoms with E-state index in [-0.39, 0.29) is 11.8 Å². The molecule has 0 unspecified atom stereocenters. The van der Waals surface area contributed by atoms with Gasteiger partial charge in [0.05, 0.1) is 15.6 Å². The average molecular weight is 335 g/mol. The predicted octanol–water partition coefficient (Wildman–Crippen LogP) is 2.46. The number of thiazole rings is 1. The fourth-order valence-electron chi connectivity index (χ4n) is 1.67. The summed E-state index contributed by atoms with van der Waals surface area (Å²) in [6.45, 7) is 2.97. The van der Waals surface area contributed by atoms with Crippen molar-refractivity contribution in [1.29, 1.82) is 0 Å². The Labute approximate surface area is 137 Å². The second-order valence-corrected chi connectivity index (χ2v) is 6.51. The van der Waals surface area contributed by atoms with Crippen LogP contribution in [0.1, 0.15) is 26.8 Å². The lowest BCUT2D eigenvalue weighted by atomic mass is 10.3. The molecule has 0 radical (unpaired) electrons. The van der Waals surface area contributed by atoms with Crippen LogP contribution in [-0.2, 0) is 4.79 Å². The largest absolute Gasteiger partial charge is 0.352 e. The van der Waals surface area contributed by atoms with Crippen LogP contribution in [0, 0.1) is 6.92 Å². The molecule has 0 atom stereocenters. The summed E-state index contributed by atoms with van der Waals surface area (Å²) >= 11 is 2.96. The molecule has 2 heterocycles. The molecule has 0 aliphatic heterocycles. The molecular weight excluding hydrogens is 318 g/mol. The van der Waals surface area contributed by atoms with Crippen molar-refractivity contribution in [2.24, 2.45) is 0 Å². The molecule has 5 nitrogen and oxygen atoms in total. The fourth-order valence-corrected chi connectivity index (χ4v) is 2.89. The molecule has 0 aliphatic carbocycles. The summed E-state index contributed by atoms with van der Waals surface area (Å²) in [7, 11) is 0. The first-order valence-corrected chi connectivity index (χ1v) is 8.61. The van der Waals surface area contributed by atoms with Crippen molar-refractivity contribution in [3.05, 3.63) is 44.5 Å². The zero-order valence-electron chi connectivity index (χ0n) is 12.2. The van der Waals surface area contributed by atoms with Crippen LogP contribution in [0.3, 0.4) is 0 Å². The molecular formula is C15H17N3O2S2. The Kier molecular flexibility index (Phi) is 6.29. The Morgan fingerprint density at radius 3 is 2.77 bits per heavy atom. The van der Waals surface area contributed by atoms with Gasteiger partial charge in [-0.3, -0.25) is 9.59 Å². The molecule has 0 fully saturated rings. The highest BCUT2D eigenvalue weighted by Gasteiger charge is 2.04. The Morgan fingerprint density at radius 2 is 2.09 bits per heavy atom. The molecule has 0 aromatic carbocycles. The molecule has 0 aliphatic rings. The lowest BCUT2D eigenvalue weighted by molar-refractivity contribution is -0.116. The number of hydrogen-bond donors (Lipinski definition) is 2. The lowest BCUT2D eigenvalue weighted by Crippen LogP contribution is -2.28. The van der Waals surface area contributed by atoms with E-state index in [4.69, 9.17) is 0 Å². The number of hydrogen-bond acceptors (Lipinski definition) is 5. The second kappa shape index (κ2) is 8.45. The smallest absolute Gasteiger partial charge is 0.261 e. The first kappa shape index (κ1) is 16.4. The molecule has 2 amide bonds. The van der Waals surface area contributed by atoms with Gasteiger partial charge in [-0.1, -0.05) is 6.07 Å². The maximum atomic E-state index is 11.7. The Bertz CT molecular complexity index is 648. The van der Waals surface area contributed by atoms with Gasteiger partial charge in [-0.25, -0.2) is 4.98 Å². The van der Waals surface area contributed by atoms with E-state index in [1.54, 1.807) is 23.5 Å². The average Bonchev–Trinajstić information content (AvgIpc) is 3.16. The third kappa shape index (κ3) is 5.42. The van der Waals surface area contributed by atoms with Gasteiger partial charge in [0.25, 0.3) is 5.91 Å². The Morgan fingerprint density at radius 1 is 1.27 bits per heavy atom. The number of thiophene rings is 1. The van der Waals surface area contributed by atoms with Crippen LogP contribution in [0.15, 0.2) is 29.0 Å². The van der Waals surface area contributed by atoms with Gasteiger partial charge < -0.3 is 10.6 Å². The quantitative estimate of drug-likeness (QED) is 0.603. The number of nitrogens with zero attached hydrogens (tertiary/aromatic N) is 1. The highest BCUT2D eigenvalue weighted by molar-refractivity contribution is 7.12. The van der Waals surface area contributed by atoms with E-state index in [1.807, 2.05) is 23.8 Å². The normalized spacial score (nSPS) is 10.8. The van der Waals surface area contributed by atoms with E-state index in [0.717, 1.165) is 10.7 Å². The first-order chi connectivity index (χ1) is 10.6. The zero-order chi connectivity index (χ0) is 15.8. The minimum atomic E-state index is -0.157. The van der Waals surface area contributed by atoms with Crippen LogP contribution in [-0.4, -0.2) is 29.9 Å². The van der Waals surface area contributed by atoms with Crippen molar-refractivity contribution in [3.63, 3.8) is 0 Å². The molecule has 2 N–H and O–H groups in total. The predicted molar refractivity (Wildman–Crippen MR) is 90.2 cm³/mol. The van der Waals surface area contributed by atoms with E-state index < -0.39 is 0 Å². The molecule has 22 heavy (non-hydrogen) atoms. The third-order valence-electron chi connectivity index (χ3n) is 2.73. The van der Waals surface area contributed by atoms with Crippen molar-refractivity contribution < 1.29 is 9.59 Å². The van der Waals surface area contributed by atoms with Gasteiger partial charge in [0, 0.05) is 24.5 Å². The summed E-state index contributed by atoms with van der Waals surface area (Å²) in [5.41, 5.74) is 0.792. The van der Waals surface area contributed by atoms with Gasteiger partial charge in [0.1, 0.15) is 0 Å². The topological polar surface area (TPSA) is 71.1 Å². The van der Waals surface area contributed by atoms with Crippen molar-refractivity contribution in [2.45, 2.75) is 13.3 Å². The lowest BCUT2D eigenvalue weighted by Gasteiger charge is -2.04. The summed E-state index contributed by atoms with van der Waals surface area (Å²) in [4.78, 5) is 28.2. The van der Waals surface area contributed by atoms with Crippen molar-refractivity contribution in [3.8, 4) is 0 Å². The zero-order valence-corrected chi connectivity index (χ0v) is 13.8. The summed E-state index contributed by atoms with van der Waals surface area (Å²) in [5, 5.41) is 10.3. The molecule has 0 saturated carbocycles. The minimum Gasteiger partial charge on any atom is -0.352 e. The number of aryl methyl sites for hydroxylation is 1. The van der Waals surface area contributed by atoms with Crippen LogP contribution >= 0.6 is 22.7 Å². The van der Waals surface area contributed by atoms with E-state index in [0.29, 0.717) is 24.4 Å². The van der Waals surface area contributed by atoms with Gasteiger partial charge in [-0.2, -0.15) is 0 Å². The number of carbonyl (C=O) groups is 2. The molecule has 2 aromatic heterocycles. The fraction of sp³-hybridized carbons (Fsp3) is 0.267. The summed E-state index contributed by atoms with van der Waals surface area (Å²) in [5.74, 6) is -0.227. The molecule has 2 aromatic rings. The van der Waals surface area contributed by atoms with E-state index in [1.165, 1.54) is 17.4 Å². The number of aromatic nitrogens is 1. The number of amides is 2. The van der Waals surface area contributed by atoms with Crippen LogP contribution in [0.25, 0.3) is 6.08 Å². The molecule has 116 valence electrons. The number of rotatable bonds is 7. The standard InChI is InChI=1S/C15H17N3O2S2/c1-11-18-12(10-22-11)5-6-14(19)16-7-3-8-17-15(20)13-4-2-9-21-13/h2,4-6,9-10H,3,7-8H2,1H3,(H,16,19)(H,17,20). The highest BCUT2D eigenvalue weighted by Crippen LogP contribution is 2.09. The molecule has 0 saturated heterocycles. The monoisotopic (exact) mass is 335 g/mol. The van der Waals surface area contributed by atoms with E-state index in [9.17, 15) is 9.59 Å². The highest BCUT2D eigenvalue weighted by atomic mass is 32.1. The van der Waals surface area contributed by atoms with Crippen molar-refractivity contribution in [2.75, 3.05) is 13.1 Å². The molecule has 0 bridgehead atoms. The second-order valence-electron chi connectivity index (χ2n) is 4.50. The Hall–Kier alpha value is -1.99. The van der Waals surface area contributed by atoms with Gasteiger partial charge >= 0.3 is 0 Å². The molecule has 0 spiro atoms. The van der Waals surface area contributed by atoms with E-state index in [2.05, 4.69) is 15.6 Å². The van der Waals surface area contributed by atoms with Crippen molar-refractivity contribution >= 4 is 40.6 Å². The minimum absolute atomic E-state index is 0.0693. The van der Waals surface area contributed by atoms with Crippen LogP contribution in [0.2, 0.25) is 0 Å². The third-order valence-corrected chi connectivity index (χ3v) is 4.39. The van der Waals surface area contributed by atoms with Crippen LogP contribution < -0.4 is 10.6 Å². The first-order valence-electron chi connectivity index (χ1n) is 6.85. The number of carbonyl (C=O) groups excluding carboxylic acids is 2. The van der Waals surface area contributed by atoms with Crippen LogP contribution in [0.5, 0.6) is 0 Å². The van der Waals surface area contributed by atoms with Gasteiger partial charge in [0.2, 0.25) is 5.91 Å². The SMILES string of the molecule is Cc1nc(C=CC(=O)NCCCNC(=O)c2cccs2)cs1. The Balaban J connectivity index is 1.59. The van der Waals surface area contributed by atoms with E-state index >= 15 is 0 Å². The molecule has 7 heteroatoms. The summed E-state index contributed by atoms with van der Waals surface area (Å²) in [6.07, 6.45) is 3.85. The summed E-state index contributed by atoms with van der Waals surface area (Å²) < 4.78 is 0. The van der Waals surface area contributed by atoms with Crippen LogP contribution in [0.4, 0.5) is 0 Å². The van der Waals surface area contributed by atoms with Crippen molar-refractivity contribution in [1.82, 2.24) is 15.6 Å². The van der Waals surface area contributed by atoms with Gasteiger partial charge in [-0.05, 0) is 30.9 Å². The summed E-state index contributed by atoms with van der Waals surface area (Å²) in [6, 6.07) is 3.63. The maximum Gasteiger partial charge on any atom is 0.261 e. The van der Waals surface area contributed by atoms with Gasteiger partial charge in [0.15, 0.2) is 0 Å². The van der Waals surface area contributed by atoms with Gasteiger partial charge in [-0.15, -0.1) is 22.7 Å². The molecule has 2 rings (SSSR count).